The minimum atomic E-state index is -0.349. The number of rotatable bonds is 1. The van der Waals surface area contributed by atoms with Crippen LogP contribution in [0.3, 0.4) is 0 Å². The Bertz CT molecular complexity index is 784. The second-order valence-electron chi connectivity index (χ2n) is 6.14. The first kappa shape index (κ1) is 13.8. The highest BCUT2D eigenvalue weighted by Gasteiger charge is 2.49. The number of hydrogen-bond donors (Lipinski definition) is 2. The Hall–Kier alpha value is -1.87. The zero-order valence-electron chi connectivity index (χ0n) is 12.3. The minimum Gasteiger partial charge on any atom is -0.508 e. The molecule has 2 aromatic carbocycles. The first-order valence-corrected chi connectivity index (χ1v) is 7.86. The quantitative estimate of drug-likeness (QED) is 0.838. The summed E-state index contributed by atoms with van der Waals surface area (Å²) in [7, 11) is 1.65. The molecule has 2 aliphatic carbocycles. The molecule has 0 amide bonds. The van der Waals surface area contributed by atoms with Crippen molar-refractivity contribution in [3.8, 4) is 17.2 Å². The monoisotopic (exact) mass is 316 g/mol. The Morgan fingerprint density at radius 2 is 1.55 bits per heavy atom. The van der Waals surface area contributed by atoms with Gasteiger partial charge in [-0.3, -0.25) is 0 Å². The Balaban J connectivity index is 2.03. The van der Waals surface area contributed by atoms with Gasteiger partial charge < -0.3 is 14.9 Å². The lowest BCUT2D eigenvalue weighted by molar-refractivity contribution is 0.404. The van der Waals surface area contributed by atoms with Crippen LogP contribution < -0.4 is 4.74 Å². The first-order chi connectivity index (χ1) is 10.6. The van der Waals surface area contributed by atoms with Crippen LogP contribution in [0.15, 0.2) is 24.3 Å². The Morgan fingerprint density at radius 3 is 2.23 bits per heavy atom. The van der Waals surface area contributed by atoms with Gasteiger partial charge in [0.25, 0.3) is 0 Å². The van der Waals surface area contributed by atoms with E-state index in [2.05, 4.69) is 0 Å². The average molecular weight is 317 g/mol. The van der Waals surface area contributed by atoms with Crippen LogP contribution in [0.2, 0.25) is 5.02 Å². The van der Waals surface area contributed by atoms with E-state index in [1.54, 1.807) is 31.4 Å². The lowest BCUT2D eigenvalue weighted by Gasteiger charge is -2.28. The van der Waals surface area contributed by atoms with Crippen molar-refractivity contribution in [2.75, 3.05) is 7.11 Å². The predicted molar refractivity (Wildman–Crippen MR) is 85.2 cm³/mol. The molecule has 2 aromatic rings. The summed E-state index contributed by atoms with van der Waals surface area (Å²) in [5, 5.41) is 21.6. The molecule has 0 aliphatic heterocycles. The van der Waals surface area contributed by atoms with Crippen molar-refractivity contribution in [2.45, 2.75) is 31.1 Å². The van der Waals surface area contributed by atoms with Gasteiger partial charge in [0.05, 0.1) is 7.11 Å². The summed E-state index contributed by atoms with van der Waals surface area (Å²) in [4.78, 5) is 0. The van der Waals surface area contributed by atoms with E-state index in [0.29, 0.717) is 5.02 Å². The fraction of sp³-hybridized carbons (Fsp3) is 0.333. The highest BCUT2D eigenvalue weighted by Crippen LogP contribution is 2.59. The minimum absolute atomic E-state index is 0.270. The number of aromatic hydroxyl groups is 2. The second kappa shape index (κ2) is 4.56. The molecule has 3 nitrogen and oxygen atoms in total. The van der Waals surface area contributed by atoms with E-state index in [0.717, 1.165) is 53.7 Å². The largest absolute Gasteiger partial charge is 0.508 e. The summed E-state index contributed by atoms with van der Waals surface area (Å²) < 4.78 is 5.46. The van der Waals surface area contributed by atoms with Gasteiger partial charge in [-0.05, 0) is 55.5 Å². The van der Waals surface area contributed by atoms with Crippen LogP contribution in [0.5, 0.6) is 17.2 Å². The molecule has 0 saturated carbocycles. The standard InChI is InChI=1S/C18H17ClO3/c1-22-15-5-4-14(21)17-11(15)7-9-18(17)8-6-10-12(19)2-3-13(20)16(10)18/h2-5,20-21H,6-9H2,1H3/t18-/m1/s1. The van der Waals surface area contributed by atoms with E-state index < -0.39 is 0 Å². The van der Waals surface area contributed by atoms with E-state index in [1.165, 1.54) is 0 Å². The maximum Gasteiger partial charge on any atom is 0.122 e. The molecule has 0 radical (unpaired) electrons. The highest BCUT2D eigenvalue weighted by molar-refractivity contribution is 6.31. The summed E-state index contributed by atoms with van der Waals surface area (Å²) in [6, 6.07) is 6.89. The zero-order valence-corrected chi connectivity index (χ0v) is 13.1. The molecule has 0 heterocycles. The highest BCUT2D eigenvalue weighted by atomic mass is 35.5. The predicted octanol–water partition coefficient (Wildman–Crippen LogP) is 3.94. The van der Waals surface area contributed by atoms with Crippen molar-refractivity contribution < 1.29 is 14.9 Å². The Kier molecular flexibility index (Phi) is 2.85. The SMILES string of the molecule is COc1ccc(O)c2c1CC[C@@]21CCc2c(Cl)ccc(O)c21. The van der Waals surface area contributed by atoms with Crippen LogP contribution >= 0.6 is 11.6 Å². The smallest absolute Gasteiger partial charge is 0.122 e. The van der Waals surface area contributed by atoms with Gasteiger partial charge in [-0.1, -0.05) is 11.6 Å². The third-order valence-corrected chi connectivity index (χ3v) is 5.62. The van der Waals surface area contributed by atoms with Gasteiger partial charge >= 0.3 is 0 Å². The molecule has 0 fully saturated rings. The number of phenolic OH excluding ortho intramolecular Hbond substituents is 2. The van der Waals surface area contributed by atoms with Crippen LogP contribution in [-0.4, -0.2) is 17.3 Å². The van der Waals surface area contributed by atoms with Crippen molar-refractivity contribution in [3.05, 3.63) is 51.5 Å². The third kappa shape index (κ3) is 1.57. The summed E-state index contributed by atoms with van der Waals surface area (Å²) in [5.74, 6) is 1.35. The van der Waals surface area contributed by atoms with Crippen molar-refractivity contribution in [3.63, 3.8) is 0 Å². The molecule has 2 aliphatic rings. The second-order valence-corrected chi connectivity index (χ2v) is 6.55. The topological polar surface area (TPSA) is 49.7 Å². The van der Waals surface area contributed by atoms with Crippen LogP contribution in [0.4, 0.5) is 0 Å². The van der Waals surface area contributed by atoms with Crippen LogP contribution in [0, 0.1) is 0 Å². The lowest BCUT2D eigenvalue weighted by Crippen LogP contribution is -2.21. The first-order valence-electron chi connectivity index (χ1n) is 7.48. The van der Waals surface area contributed by atoms with E-state index in [4.69, 9.17) is 16.3 Å². The molecule has 0 bridgehead atoms. The van der Waals surface area contributed by atoms with Gasteiger partial charge in [-0.15, -0.1) is 0 Å². The molecule has 22 heavy (non-hydrogen) atoms. The lowest BCUT2D eigenvalue weighted by atomic mass is 9.76. The number of ether oxygens (including phenoxy) is 1. The maximum absolute atomic E-state index is 10.5. The number of hydrogen-bond acceptors (Lipinski definition) is 3. The maximum atomic E-state index is 10.5. The van der Waals surface area contributed by atoms with Gasteiger partial charge in [-0.2, -0.15) is 0 Å². The molecular weight excluding hydrogens is 300 g/mol. The summed E-state index contributed by atoms with van der Waals surface area (Å²) in [5.41, 5.74) is 3.51. The molecule has 0 saturated heterocycles. The van der Waals surface area contributed by atoms with Crippen molar-refractivity contribution in [2.24, 2.45) is 0 Å². The molecule has 4 heteroatoms. The summed E-state index contributed by atoms with van der Waals surface area (Å²) >= 11 is 6.33. The zero-order chi connectivity index (χ0) is 15.5. The van der Waals surface area contributed by atoms with Gasteiger partial charge in [0, 0.05) is 27.1 Å². The van der Waals surface area contributed by atoms with Gasteiger partial charge in [0.2, 0.25) is 0 Å². The summed E-state index contributed by atoms with van der Waals surface area (Å²) in [6.45, 7) is 0. The molecule has 4 rings (SSSR count). The van der Waals surface area contributed by atoms with Gasteiger partial charge in [0.1, 0.15) is 17.2 Å². The normalized spacial score (nSPS) is 21.9. The number of phenols is 2. The third-order valence-electron chi connectivity index (χ3n) is 5.26. The van der Waals surface area contributed by atoms with Crippen molar-refractivity contribution >= 4 is 11.6 Å². The van der Waals surface area contributed by atoms with Crippen LogP contribution in [0.25, 0.3) is 0 Å². The van der Waals surface area contributed by atoms with Gasteiger partial charge in [0.15, 0.2) is 0 Å². The van der Waals surface area contributed by atoms with Crippen LogP contribution in [-0.2, 0) is 18.3 Å². The molecule has 1 atom stereocenters. The van der Waals surface area contributed by atoms with Crippen LogP contribution in [0.1, 0.15) is 35.1 Å². The van der Waals surface area contributed by atoms with Gasteiger partial charge in [-0.25, -0.2) is 0 Å². The van der Waals surface area contributed by atoms with Crippen molar-refractivity contribution in [1.29, 1.82) is 0 Å². The molecule has 0 unspecified atom stereocenters. The number of benzene rings is 2. The molecule has 2 N–H and O–H groups in total. The fourth-order valence-electron chi connectivity index (χ4n) is 4.40. The van der Waals surface area contributed by atoms with E-state index in [-0.39, 0.29) is 16.9 Å². The Labute approximate surface area is 134 Å². The van der Waals surface area contributed by atoms with E-state index in [9.17, 15) is 10.2 Å². The Morgan fingerprint density at radius 1 is 0.955 bits per heavy atom. The van der Waals surface area contributed by atoms with E-state index in [1.807, 2.05) is 0 Å². The van der Waals surface area contributed by atoms with E-state index >= 15 is 0 Å². The van der Waals surface area contributed by atoms with Crippen molar-refractivity contribution in [1.82, 2.24) is 0 Å². The molecule has 0 aromatic heterocycles. The molecule has 114 valence electrons. The number of methoxy groups -OCH3 is 1. The molecular formula is C18H17ClO3. The molecule has 1 spiro atoms. The fourth-order valence-corrected chi connectivity index (χ4v) is 4.66. The summed E-state index contributed by atoms with van der Waals surface area (Å²) in [6.07, 6.45) is 3.36. The number of halogens is 1. The average Bonchev–Trinajstić information content (AvgIpc) is 3.09. The number of fused-ring (bicyclic) bond motifs is 4.